The molecule has 3 heteroatoms. The van der Waals surface area contributed by atoms with E-state index in [0.717, 1.165) is 30.5 Å². The summed E-state index contributed by atoms with van der Waals surface area (Å²) in [7, 11) is 2.05. The van der Waals surface area contributed by atoms with Gasteiger partial charge in [0.1, 0.15) is 5.82 Å². The second-order valence-electron chi connectivity index (χ2n) is 5.68. The lowest BCUT2D eigenvalue weighted by atomic mass is 9.78. The van der Waals surface area contributed by atoms with Crippen molar-refractivity contribution < 1.29 is 0 Å². The molecule has 0 radical (unpaired) electrons. The average molecular weight is 235 g/mol. The Kier molecular flexibility index (Phi) is 4.21. The Morgan fingerprint density at radius 3 is 2.71 bits per heavy atom. The van der Waals surface area contributed by atoms with Crippen LogP contribution in [0.1, 0.15) is 44.9 Å². The van der Waals surface area contributed by atoms with Crippen LogP contribution in [-0.4, -0.2) is 15.6 Å². The predicted octanol–water partition coefficient (Wildman–Crippen LogP) is 2.51. The molecule has 2 rings (SSSR count). The normalized spacial score (nSPS) is 27.0. The molecule has 96 valence electrons. The summed E-state index contributed by atoms with van der Waals surface area (Å²) in [6, 6.07) is 0.360. The summed E-state index contributed by atoms with van der Waals surface area (Å²) in [5, 5.41) is 0. The number of aryl methyl sites for hydroxylation is 2. The van der Waals surface area contributed by atoms with Gasteiger partial charge in [0, 0.05) is 31.9 Å². The van der Waals surface area contributed by atoms with Crippen LogP contribution >= 0.6 is 0 Å². The van der Waals surface area contributed by atoms with Crippen molar-refractivity contribution in [1.82, 2.24) is 9.55 Å². The van der Waals surface area contributed by atoms with Crippen LogP contribution in [0.15, 0.2) is 12.4 Å². The first-order valence-corrected chi connectivity index (χ1v) is 6.88. The molecule has 0 amide bonds. The molecular formula is C14H25N3. The van der Waals surface area contributed by atoms with Crippen LogP contribution in [0.3, 0.4) is 0 Å². The van der Waals surface area contributed by atoms with Gasteiger partial charge in [0.2, 0.25) is 0 Å². The van der Waals surface area contributed by atoms with Crippen molar-refractivity contribution >= 4 is 0 Å². The van der Waals surface area contributed by atoms with E-state index in [9.17, 15) is 0 Å². The molecule has 17 heavy (non-hydrogen) atoms. The first-order chi connectivity index (χ1) is 8.16. The summed E-state index contributed by atoms with van der Waals surface area (Å²) in [5.74, 6) is 2.81. The topological polar surface area (TPSA) is 43.8 Å². The van der Waals surface area contributed by atoms with Crippen LogP contribution in [0.4, 0.5) is 0 Å². The van der Waals surface area contributed by atoms with Gasteiger partial charge in [-0.3, -0.25) is 0 Å². The Bertz CT molecular complexity index is 337. The molecule has 2 N–H and O–H groups in total. The minimum absolute atomic E-state index is 0.360. The summed E-state index contributed by atoms with van der Waals surface area (Å²) in [4.78, 5) is 4.35. The molecule has 1 fully saturated rings. The van der Waals surface area contributed by atoms with Gasteiger partial charge in [-0.1, -0.05) is 19.8 Å². The molecule has 1 heterocycles. The highest BCUT2D eigenvalue weighted by Gasteiger charge is 2.23. The molecule has 0 aliphatic heterocycles. The predicted molar refractivity (Wildman–Crippen MR) is 70.6 cm³/mol. The van der Waals surface area contributed by atoms with Gasteiger partial charge in [0.05, 0.1) is 0 Å². The molecule has 1 unspecified atom stereocenters. The molecule has 1 aliphatic carbocycles. The lowest BCUT2D eigenvalue weighted by Crippen LogP contribution is -2.33. The molecule has 1 aromatic heterocycles. The minimum Gasteiger partial charge on any atom is -0.338 e. The quantitative estimate of drug-likeness (QED) is 0.871. The first-order valence-electron chi connectivity index (χ1n) is 6.88. The van der Waals surface area contributed by atoms with E-state index in [-0.39, 0.29) is 0 Å². The first kappa shape index (κ1) is 12.6. The molecular weight excluding hydrogens is 210 g/mol. The fraction of sp³-hybridized carbons (Fsp3) is 0.786. The third kappa shape index (κ3) is 3.32. The van der Waals surface area contributed by atoms with Gasteiger partial charge in [0.15, 0.2) is 0 Å². The van der Waals surface area contributed by atoms with E-state index in [0.29, 0.717) is 6.04 Å². The van der Waals surface area contributed by atoms with Crippen molar-refractivity contribution in [2.24, 2.45) is 24.6 Å². The Hall–Kier alpha value is -0.830. The third-order valence-electron chi connectivity index (χ3n) is 4.29. The Morgan fingerprint density at radius 1 is 1.41 bits per heavy atom. The third-order valence-corrected chi connectivity index (χ3v) is 4.29. The number of hydrogen-bond donors (Lipinski definition) is 1. The highest BCUT2D eigenvalue weighted by molar-refractivity contribution is 4.92. The van der Waals surface area contributed by atoms with Gasteiger partial charge in [-0.05, 0) is 31.1 Å². The lowest BCUT2D eigenvalue weighted by Gasteiger charge is -2.30. The van der Waals surface area contributed by atoms with Crippen molar-refractivity contribution in [2.75, 3.05) is 0 Å². The monoisotopic (exact) mass is 235 g/mol. The average Bonchev–Trinajstić information content (AvgIpc) is 2.73. The number of rotatable bonds is 4. The van der Waals surface area contributed by atoms with Crippen LogP contribution in [0, 0.1) is 11.8 Å². The lowest BCUT2D eigenvalue weighted by molar-refractivity contribution is 0.247. The zero-order valence-electron chi connectivity index (χ0n) is 11.1. The van der Waals surface area contributed by atoms with E-state index >= 15 is 0 Å². The summed E-state index contributed by atoms with van der Waals surface area (Å²) in [6.07, 6.45) is 11.3. The van der Waals surface area contributed by atoms with Crippen molar-refractivity contribution in [2.45, 2.75) is 51.5 Å². The Balaban J connectivity index is 1.77. The van der Waals surface area contributed by atoms with E-state index in [1.807, 2.05) is 12.4 Å². The zero-order valence-corrected chi connectivity index (χ0v) is 11.1. The molecule has 1 aromatic rings. The second kappa shape index (κ2) is 5.67. The van der Waals surface area contributed by atoms with Crippen LogP contribution in [0.25, 0.3) is 0 Å². The van der Waals surface area contributed by atoms with Crippen molar-refractivity contribution in [3.63, 3.8) is 0 Å². The van der Waals surface area contributed by atoms with Crippen LogP contribution in [0.2, 0.25) is 0 Å². The highest BCUT2D eigenvalue weighted by atomic mass is 15.0. The summed E-state index contributed by atoms with van der Waals surface area (Å²) < 4.78 is 2.09. The van der Waals surface area contributed by atoms with Crippen molar-refractivity contribution in [1.29, 1.82) is 0 Å². The maximum Gasteiger partial charge on any atom is 0.108 e. The maximum atomic E-state index is 6.32. The number of hydrogen-bond acceptors (Lipinski definition) is 2. The molecule has 3 nitrogen and oxygen atoms in total. The Labute approximate surface area is 104 Å². The molecule has 1 aliphatic rings. The second-order valence-corrected chi connectivity index (χ2v) is 5.68. The summed E-state index contributed by atoms with van der Waals surface area (Å²) in [5.41, 5.74) is 6.32. The molecule has 1 atom stereocenters. The van der Waals surface area contributed by atoms with Crippen LogP contribution < -0.4 is 5.73 Å². The van der Waals surface area contributed by atoms with Gasteiger partial charge >= 0.3 is 0 Å². The molecule has 0 saturated heterocycles. The smallest absolute Gasteiger partial charge is 0.108 e. The number of nitrogens with zero attached hydrogens (tertiary/aromatic N) is 2. The van der Waals surface area contributed by atoms with E-state index in [2.05, 4.69) is 23.5 Å². The van der Waals surface area contributed by atoms with E-state index in [4.69, 9.17) is 5.73 Å². The summed E-state index contributed by atoms with van der Waals surface area (Å²) in [6.45, 7) is 2.36. The zero-order chi connectivity index (χ0) is 12.3. The van der Waals surface area contributed by atoms with Gasteiger partial charge in [-0.25, -0.2) is 4.98 Å². The van der Waals surface area contributed by atoms with E-state index in [1.165, 1.54) is 25.7 Å². The van der Waals surface area contributed by atoms with E-state index < -0.39 is 0 Å². The maximum absolute atomic E-state index is 6.32. The number of imidazole rings is 1. The largest absolute Gasteiger partial charge is 0.338 e. The van der Waals surface area contributed by atoms with E-state index in [1.54, 1.807) is 0 Å². The molecule has 1 saturated carbocycles. The molecule has 0 spiro atoms. The fourth-order valence-corrected chi connectivity index (χ4v) is 2.88. The van der Waals surface area contributed by atoms with Crippen molar-refractivity contribution in [3.05, 3.63) is 18.2 Å². The fourth-order valence-electron chi connectivity index (χ4n) is 2.88. The molecule has 0 aromatic carbocycles. The highest BCUT2D eigenvalue weighted by Crippen LogP contribution is 2.30. The molecule has 0 bridgehead atoms. The van der Waals surface area contributed by atoms with Gasteiger partial charge in [0.25, 0.3) is 0 Å². The van der Waals surface area contributed by atoms with Crippen molar-refractivity contribution in [3.8, 4) is 0 Å². The van der Waals surface area contributed by atoms with Gasteiger partial charge < -0.3 is 10.3 Å². The number of aromatic nitrogens is 2. The summed E-state index contributed by atoms with van der Waals surface area (Å²) >= 11 is 0. The SMILES string of the molecule is CC1CCC(C(N)CCc2nccn2C)CC1. The standard InChI is InChI=1S/C14H25N3/c1-11-3-5-12(6-4-11)13(15)7-8-14-16-9-10-17(14)2/h9-13H,3-8,15H2,1-2H3. The van der Waals surface area contributed by atoms with Gasteiger partial charge in [-0.15, -0.1) is 0 Å². The van der Waals surface area contributed by atoms with Crippen LogP contribution in [0.5, 0.6) is 0 Å². The minimum atomic E-state index is 0.360. The Morgan fingerprint density at radius 2 is 2.12 bits per heavy atom. The number of nitrogens with two attached hydrogens (primary N) is 1. The van der Waals surface area contributed by atoms with Crippen LogP contribution in [-0.2, 0) is 13.5 Å². The van der Waals surface area contributed by atoms with Gasteiger partial charge in [-0.2, -0.15) is 0 Å².